The number of aliphatic hydroxyl groups is 1. The maximum absolute atomic E-state index is 14.1. The highest BCUT2D eigenvalue weighted by molar-refractivity contribution is 7.81. The van der Waals surface area contributed by atoms with E-state index < -0.39 is 23.3 Å². The lowest BCUT2D eigenvalue weighted by molar-refractivity contribution is -0.125. The molecule has 1 unspecified atom stereocenters. The summed E-state index contributed by atoms with van der Waals surface area (Å²) in [5.74, 6) is -3.17. The highest BCUT2D eigenvalue weighted by Gasteiger charge is 2.48. The largest absolute Gasteiger partial charge is 0.385 e. The molecule has 114 valence electrons. The van der Waals surface area contributed by atoms with Crippen molar-refractivity contribution in [3.05, 3.63) is 0 Å². The molecule has 1 fully saturated rings. The molecular formula is C14H27F2NOS. The Morgan fingerprint density at radius 3 is 2.26 bits per heavy atom. The van der Waals surface area contributed by atoms with Crippen molar-refractivity contribution in [3.63, 3.8) is 0 Å². The molecule has 3 N–H and O–H groups in total. The molecule has 0 spiro atoms. The molecule has 0 aliphatic heterocycles. The van der Waals surface area contributed by atoms with E-state index >= 15 is 0 Å². The summed E-state index contributed by atoms with van der Waals surface area (Å²) in [5, 5.41) is 8.70. The monoisotopic (exact) mass is 295 g/mol. The summed E-state index contributed by atoms with van der Waals surface area (Å²) in [5.41, 5.74) is 5.81. The van der Waals surface area contributed by atoms with Gasteiger partial charge in [-0.2, -0.15) is 12.6 Å². The third kappa shape index (κ3) is 4.57. The Kier molecular flexibility index (Phi) is 6.54. The van der Waals surface area contributed by atoms with E-state index in [2.05, 4.69) is 12.6 Å². The summed E-state index contributed by atoms with van der Waals surface area (Å²) in [4.78, 5) is 0. The smallest absolute Gasteiger partial charge is 0.286 e. The number of halogens is 2. The molecule has 0 radical (unpaired) electrons. The number of thiol groups is 1. The van der Waals surface area contributed by atoms with Crippen molar-refractivity contribution in [1.29, 1.82) is 0 Å². The minimum absolute atomic E-state index is 0.310. The van der Waals surface area contributed by atoms with Crippen LogP contribution in [0.4, 0.5) is 8.78 Å². The fourth-order valence-corrected chi connectivity index (χ4v) is 2.99. The second-order valence-electron chi connectivity index (χ2n) is 6.21. The molecule has 0 aromatic rings. The molecule has 0 amide bonds. The van der Waals surface area contributed by atoms with Crippen LogP contribution in [0.1, 0.15) is 52.4 Å². The molecule has 5 heteroatoms. The molecule has 0 aromatic heterocycles. The maximum atomic E-state index is 14.1. The van der Waals surface area contributed by atoms with Gasteiger partial charge in [0.05, 0.1) is 5.25 Å². The highest BCUT2D eigenvalue weighted by Crippen LogP contribution is 2.35. The fraction of sp³-hybridized carbons (Fsp3) is 1.00. The highest BCUT2D eigenvalue weighted by atomic mass is 32.1. The van der Waals surface area contributed by atoms with Gasteiger partial charge in [-0.15, -0.1) is 0 Å². The molecule has 0 saturated heterocycles. The van der Waals surface area contributed by atoms with E-state index in [4.69, 9.17) is 5.73 Å². The molecule has 1 aliphatic carbocycles. The van der Waals surface area contributed by atoms with Gasteiger partial charge in [0.25, 0.3) is 5.92 Å². The fourth-order valence-electron chi connectivity index (χ4n) is 2.84. The zero-order chi connectivity index (χ0) is 14.6. The van der Waals surface area contributed by atoms with Gasteiger partial charge in [0.1, 0.15) is 6.10 Å². The van der Waals surface area contributed by atoms with Crippen LogP contribution >= 0.6 is 12.6 Å². The van der Waals surface area contributed by atoms with Crippen LogP contribution in [0.15, 0.2) is 0 Å². The quantitative estimate of drug-likeness (QED) is 0.659. The molecular weight excluding hydrogens is 268 g/mol. The first-order chi connectivity index (χ1) is 8.76. The molecule has 1 saturated carbocycles. The number of aliphatic hydroxyl groups excluding tert-OH is 1. The number of rotatable bonds is 6. The summed E-state index contributed by atoms with van der Waals surface area (Å²) < 4.78 is 28.1. The van der Waals surface area contributed by atoms with E-state index in [0.717, 1.165) is 25.7 Å². The summed E-state index contributed by atoms with van der Waals surface area (Å²) in [6.45, 7) is 3.34. The van der Waals surface area contributed by atoms with E-state index in [1.807, 2.05) is 0 Å². The van der Waals surface area contributed by atoms with Crippen LogP contribution in [0.25, 0.3) is 0 Å². The molecule has 0 aromatic carbocycles. The minimum Gasteiger partial charge on any atom is -0.385 e. The van der Waals surface area contributed by atoms with Crippen LogP contribution in [0.2, 0.25) is 0 Å². The Balaban J connectivity index is 2.56. The Bertz CT molecular complexity index is 270. The van der Waals surface area contributed by atoms with Gasteiger partial charge in [0, 0.05) is 6.04 Å². The predicted molar refractivity (Wildman–Crippen MR) is 77.7 cm³/mol. The zero-order valence-electron chi connectivity index (χ0n) is 11.9. The maximum Gasteiger partial charge on any atom is 0.286 e. The Morgan fingerprint density at radius 2 is 1.79 bits per heavy atom. The lowest BCUT2D eigenvalue weighted by atomic mass is 9.82. The number of hydrogen-bond acceptors (Lipinski definition) is 3. The minimum atomic E-state index is -3.24. The van der Waals surface area contributed by atoms with Gasteiger partial charge in [-0.3, -0.25) is 0 Å². The summed E-state index contributed by atoms with van der Waals surface area (Å²) in [6, 6.07) is -0.869. The molecule has 1 rings (SSSR count). The van der Waals surface area contributed by atoms with Crippen molar-refractivity contribution in [2.45, 2.75) is 75.7 Å². The predicted octanol–water partition coefficient (Wildman–Crippen LogP) is 3.23. The molecule has 0 bridgehead atoms. The summed E-state index contributed by atoms with van der Waals surface area (Å²) in [6.07, 6.45) is 4.27. The average Bonchev–Trinajstić information content (AvgIpc) is 2.37. The Labute approximate surface area is 120 Å². The topological polar surface area (TPSA) is 46.2 Å². The standard InChI is InChI=1S/C14H27F2NOS/c1-9(2)13(19)14(15,16)12(18)11(17)8-10-6-4-3-5-7-10/h9-13,18-19H,3-8,17H2,1-2H3/t11-,12+,13?/m0/s1. The summed E-state index contributed by atoms with van der Waals surface area (Å²) >= 11 is 3.94. The van der Waals surface area contributed by atoms with Crippen LogP contribution in [-0.4, -0.2) is 28.4 Å². The molecule has 1 aliphatic rings. The first kappa shape index (κ1) is 17.2. The van der Waals surface area contributed by atoms with Gasteiger partial charge in [0.2, 0.25) is 0 Å². The average molecular weight is 295 g/mol. The number of hydrogen-bond donors (Lipinski definition) is 3. The van der Waals surface area contributed by atoms with Crippen molar-refractivity contribution < 1.29 is 13.9 Å². The van der Waals surface area contributed by atoms with Gasteiger partial charge in [0.15, 0.2) is 0 Å². The molecule has 0 heterocycles. The Hall–Kier alpha value is 0.130. The van der Waals surface area contributed by atoms with E-state index in [-0.39, 0.29) is 5.92 Å². The third-order valence-electron chi connectivity index (χ3n) is 4.16. The summed E-state index contributed by atoms with van der Waals surface area (Å²) in [7, 11) is 0. The lowest BCUT2D eigenvalue weighted by Gasteiger charge is -2.34. The van der Waals surface area contributed by atoms with Crippen molar-refractivity contribution in [1.82, 2.24) is 0 Å². The SMILES string of the molecule is CC(C)C(S)C(F)(F)[C@H](O)[C@@H](N)CC1CCCCC1. The zero-order valence-corrected chi connectivity index (χ0v) is 12.8. The number of nitrogens with two attached hydrogens (primary N) is 1. The molecule has 3 atom stereocenters. The molecule has 2 nitrogen and oxygen atoms in total. The lowest BCUT2D eigenvalue weighted by Crippen LogP contribution is -2.53. The van der Waals surface area contributed by atoms with Crippen LogP contribution in [0.5, 0.6) is 0 Å². The van der Waals surface area contributed by atoms with Crippen molar-refractivity contribution in [2.75, 3.05) is 0 Å². The van der Waals surface area contributed by atoms with Gasteiger partial charge < -0.3 is 10.8 Å². The third-order valence-corrected chi connectivity index (χ3v) is 5.10. The van der Waals surface area contributed by atoms with E-state index in [0.29, 0.717) is 12.3 Å². The first-order valence-corrected chi connectivity index (χ1v) is 7.78. The van der Waals surface area contributed by atoms with Crippen molar-refractivity contribution >= 4 is 12.6 Å². The van der Waals surface area contributed by atoms with Crippen LogP contribution in [0.3, 0.4) is 0 Å². The second-order valence-corrected chi connectivity index (χ2v) is 6.77. The van der Waals surface area contributed by atoms with Crippen LogP contribution in [-0.2, 0) is 0 Å². The van der Waals surface area contributed by atoms with Gasteiger partial charge in [-0.25, -0.2) is 8.78 Å². The van der Waals surface area contributed by atoms with Crippen molar-refractivity contribution in [2.24, 2.45) is 17.6 Å². The normalized spacial score (nSPS) is 23.4. The second kappa shape index (κ2) is 7.23. The van der Waals surface area contributed by atoms with E-state index in [1.165, 1.54) is 6.42 Å². The van der Waals surface area contributed by atoms with Crippen LogP contribution < -0.4 is 5.73 Å². The van der Waals surface area contributed by atoms with Gasteiger partial charge in [-0.1, -0.05) is 46.0 Å². The van der Waals surface area contributed by atoms with Crippen LogP contribution in [0, 0.1) is 11.8 Å². The van der Waals surface area contributed by atoms with E-state index in [1.54, 1.807) is 13.8 Å². The van der Waals surface area contributed by atoms with E-state index in [9.17, 15) is 13.9 Å². The molecule has 19 heavy (non-hydrogen) atoms. The number of alkyl halides is 2. The Morgan fingerprint density at radius 1 is 1.26 bits per heavy atom. The van der Waals surface area contributed by atoms with Crippen molar-refractivity contribution in [3.8, 4) is 0 Å². The first-order valence-electron chi connectivity index (χ1n) is 7.26. The van der Waals surface area contributed by atoms with Gasteiger partial charge in [-0.05, 0) is 18.3 Å². The van der Waals surface area contributed by atoms with Gasteiger partial charge >= 0.3 is 0 Å².